The standard InChI is InChI=1S/C15H20N4S2/c1-4-8-17-15(16-3)18-9-7-12-5-6-14(21-12)13-10-20-11(2)19-13/h4-6,10H,1,7-9H2,2-3H3,(H2,16,17,18). The lowest BCUT2D eigenvalue weighted by Crippen LogP contribution is -2.38. The second kappa shape index (κ2) is 7.95. The van der Waals surface area contributed by atoms with Crippen molar-refractivity contribution < 1.29 is 0 Å². The predicted molar refractivity (Wildman–Crippen MR) is 93.4 cm³/mol. The largest absolute Gasteiger partial charge is 0.356 e. The maximum Gasteiger partial charge on any atom is 0.191 e. The second-order valence-electron chi connectivity index (χ2n) is 4.44. The fourth-order valence-corrected chi connectivity index (χ4v) is 3.48. The zero-order valence-electron chi connectivity index (χ0n) is 12.3. The number of thiophene rings is 1. The number of aromatic nitrogens is 1. The number of thiazole rings is 1. The van der Waals surface area contributed by atoms with Crippen LogP contribution in [0.1, 0.15) is 9.88 Å². The molecule has 0 unspecified atom stereocenters. The molecule has 0 atom stereocenters. The number of aryl methyl sites for hydroxylation is 1. The van der Waals surface area contributed by atoms with Crippen molar-refractivity contribution in [3.8, 4) is 10.6 Å². The van der Waals surface area contributed by atoms with Crippen molar-refractivity contribution in [3.63, 3.8) is 0 Å². The monoisotopic (exact) mass is 320 g/mol. The van der Waals surface area contributed by atoms with Gasteiger partial charge in [0.2, 0.25) is 0 Å². The van der Waals surface area contributed by atoms with Crippen LogP contribution in [0.3, 0.4) is 0 Å². The number of guanidine groups is 1. The van der Waals surface area contributed by atoms with Gasteiger partial charge in [0.1, 0.15) is 0 Å². The molecule has 0 spiro atoms. The Morgan fingerprint density at radius 3 is 2.95 bits per heavy atom. The summed E-state index contributed by atoms with van der Waals surface area (Å²) in [6, 6.07) is 4.33. The van der Waals surface area contributed by atoms with Crippen LogP contribution in [-0.4, -0.2) is 31.1 Å². The van der Waals surface area contributed by atoms with E-state index >= 15 is 0 Å². The van der Waals surface area contributed by atoms with E-state index in [0.29, 0.717) is 6.54 Å². The number of aliphatic imine (C=N–C) groups is 1. The average Bonchev–Trinajstić information content (AvgIpc) is 3.11. The molecule has 0 aliphatic rings. The lowest BCUT2D eigenvalue weighted by Gasteiger charge is -2.09. The van der Waals surface area contributed by atoms with Crippen LogP contribution in [0, 0.1) is 6.92 Å². The van der Waals surface area contributed by atoms with Crippen molar-refractivity contribution in [1.29, 1.82) is 0 Å². The molecular formula is C15H20N4S2. The molecule has 0 aliphatic carbocycles. The molecule has 0 amide bonds. The Morgan fingerprint density at radius 1 is 1.43 bits per heavy atom. The molecule has 0 fully saturated rings. The van der Waals surface area contributed by atoms with Gasteiger partial charge in [-0.1, -0.05) is 6.08 Å². The molecule has 0 aromatic carbocycles. The lowest BCUT2D eigenvalue weighted by atomic mass is 10.3. The van der Waals surface area contributed by atoms with Crippen LogP contribution in [0.2, 0.25) is 0 Å². The fourth-order valence-electron chi connectivity index (χ4n) is 1.82. The third-order valence-electron chi connectivity index (χ3n) is 2.83. The highest BCUT2D eigenvalue weighted by Crippen LogP contribution is 2.29. The van der Waals surface area contributed by atoms with E-state index in [1.165, 1.54) is 9.75 Å². The van der Waals surface area contributed by atoms with Crippen LogP contribution in [0.4, 0.5) is 0 Å². The van der Waals surface area contributed by atoms with E-state index in [0.717, 1.165) is 29.6 Å². The quantitative estimate of drug-likeness (QED) is 0.488. The molecular weight excluding hydrogens is 300 g/mol. The predicted octanol–water partition coefficient (Wildman–Crippen LogP) is 3.07. The summed E-state index contributed by atoms with van der Waals surface area (Å²) in [6.45, 7) is 7.28. The van der Waals surface area contributed by atoms with Gasteiger partial charge in [0, 0.05) is 30.4 Å². The number of hydrogen-bond donors (Lipinski definition) is 2. The van der Waals surface area contributed by atoms with Crippen molar-refractivity contribution in [3.05, 3.63) is 40.1 Å². The third kappa shape index (κ3) is 4.68. The Morgan fingerprint density at radius 2 is 2.29 bits per heavy atom. The highest BCUT2D eigenvalue weighted by atomic mass is 32.1. The molecule has 0 radical (unpaired) electrons. The molecule has 0 bridgehead atoms. The minimum Gasteiger partial charge on any atom is -0.356 e. The van der Waals surface area contributed by atoms with Crippen LogP contribution >= 0.6 is 22.7 Å². The zero-order valence-corrected chi connectivity index (χ0v) is 14.0. The maximum absolute atomic E-state index is 4.52. The van der Waals surface area contributed by atoms with Crippen LogP contribution in [0.15, 0.2) is 35.2 Å². The van der Waals surface area contributed by atoms with E-state index in [1.807, 2.05) is 13.0 Å². The van der Waals surface area contributed by atoms with Crippen molar-refractivity contribution in [2.45, 2.75) is 13.3 Å². The van der Waals surface area contributed by atoms with Gasteiger partial charge in [-0.15, -0.1) is 29.3 Å². The molecule has 2 heterocycles. The molecule has 0 saturated heterocycles. The average molecular weight is 320 g/mol. The molecule has 2 N–H and O–H groups in total. The summed E-state index contributed by atoms with van der Waals surface area (Å²) < 4.78 is 0. The smallest absolute Gasteiger partial charge is 0.191 e. The highest BCUT2D eigenvalue weighted by Gasteiger charge is 2.06. The van der Waals surface area contributed by atoms with Gasteiger partial charge in [0.15, 0.2) is 5.96 Å². The number of rotatable bonds is 6. The molecule has 21 heavy (non-hydrogen) atoms. The summed E-state index contributed by atoms with van der Waals surface area (Å²) in [5.74, 6) is 0.807. The van der Waals surface area contributed by atoms with E-state index in [4.69, 9.17) is 0 Å². The molecule has 2 aromatic heterocycles. The van der Waals surface area contributed by atoms with Gasteiger partial charge < -0.3 is 10.6 Å². The van der Waals surface area contributed by atoms with Crippen LogP contribution in [0.5, 0.6) is 0 Å². The first-order chi connectivity index (χ1) is 10.2. The summed E-state index contributed by atoms with van der Waals surface area (Å²) in [7, 11) is 1.77. The number of nitrogens with zero attached hydrogens (tertiary/aromatic N) is 2. The van der Waals surface area contributed by atoms with E-state index in [-0.39, 0.29) is 0 Å². The van der Waals surface area contributed by atoms with Crippen LogP contribution in [-0.2, 0) is 6.42 Å². The van der Waals surface area contributed by atoms with Crippen molar-refractivity contribution in [2.75, 3.05) is 20.1 Å². The molecule has 0 saturated carbocycles. The van der Waals surface area contributed by atoms with E-state index in [1.54, 1.807) is 29.7 Å². The lowest BCUT2D eigenvalue weighted by molar-refractivity contribution is 0.829. The van der Waals surface area contributed by atoms with Crippen molar-refractivity contribution >= 4 is 28.6 Å². The molecule has 6 heteroatoms. The van der Waals surface area contributed by atoms with E-state index in [2.05, 4.69) is 44.7 Å². The van der Waals surface area contributed by atoms with Crippen molar-refractivity contribution in [1.82, 2.24) is 15.6 Å². The summed E-state index contributed by atoms with van der Waals surface area (Å²) in [5, 5.41) is 9.67. The van der Waals surface area contributed by atoms with Gasteiger partial charge >= 0.3 is 0 Å². The maximum atomic E-state index is 4.52. The van der Waals surface area contributed by atoms with Gasteiger partial charge in [-0.2, -0.15) is 0 Å². The summed E-state index contributed by atoms with van der Waals surface area (Å²) in [4.78, 5) is 11.3. The minimum atomic E-state index is 0.714. The highest BCUT2D eigenvalue weighted by molar-refractivity contribution is 7.16. The SMILES string of the molecule is C=CCNC(=NC)NCCc1ccc(-c2csc(C)n2)s1. The van der Waals surface area contributed by atoms with E-state index in [9.17, 15) is 0 Å². The summed E-state index contributed by atoms with van der Waals surface area (Å²) in [6.07, 6.45) is 2.79. The molecule has 0 aliphatic heterocycles. The molecule has 2 rings (SSSR count). The van der Waals surface area contributed by atoms with Crippen LogP contribution < -0.4 is 10.6 Å². The third-order valence-corrected chi connectivity index (χ3v) is 4.78. The van der Waals surface area contributed by atoms with Gasteiger partial charge in [0.25, 0.3) is 0 Å². The number of nitrogens with one attached hydrogen (secondary N) is 2. The summed E-state index contributed by atoms with van der Waals surface area (Å²) in [5.41, 5.74) is 1.09. The molecule has 2 aromatic rings. The minimum absolute atomic E-state index is 0.714. The Hall–Kier alpha value is -1.66. The Bertz CT molecular complexity index is 613. The normalized spacial score (nSPS) is 11.4. The topological polar surface area (TPSA) is 49.3 Å². The van der Waals surface area contributed by atoms with E-state index < -0.39 is 0 Å². The second-order valence-corrected chi connectivity index (χ2v) is 6.67. The first-order valence-corrected chi connectivity index (χ1v) is 8.49. The van der Waals surface area contributed by atoms with Crippen molar-refractivity contribution in [2.24, 2.45) is 4.99 Å². The Balaban J connectivity index is 1.84. The number of hydrogen-bond acceptors (Lipinski definition) is 4. The zero-order chi connectivity index (χ0) is 15.1. The van der Waals surface area contributed by atoms with Gasteiger partial charge in [0.05, 0.1) is 15.6 Å². The van der Waals surface area contributed by atoms with Gasteiger partial charge in [-0.05, 0) is 25.5 Å². The molecule has 112 valence electrons. The first kappa shape index (κ1) is 15.7. The first-order valence-electron chi connectivity index (χ1n) is 6.79. The van der Waals surface area contributed by atoms with Crippen LogP contribution in [0.25, 0.3) is 10.6 Å². The Labute approximate surface area is 133 Å². The van der Waals surface area contributed by atoms with Gasteiger partial charge in [-0.3, -0.25) is 4.99 Å². The molecule has 4 nitrogen and oxygen atoms in total. The van der Waals surface area contributed by atoms with Gasteiger partial charge in [-0.25, -0.2) is 4.98 Å². The Kier molecular flexibility index (Phi) is 5.95. The fraction of sp³-hybridized carbons (Fsp3) is 0.333. The summed E-state index contributed by atoms with van der Waals surface area (Å²) >= 11 is 3.50.